The summed E-state index contributed by atoms with van der Waals surface area (Å²) in [5.74, 6) is -0.239. The average Bonchev–Trinajstić information content (AvgIpc) is 2.72. The molecule has 0 saturated heterocycles. The first-order valence-electron chi connectivity index (χ1n) is 5.89. The molecule has 1 aliphatic carbocycles. The smallest absolute Gasteiger partial charge is 0.170 e. The third-order valence-electron chi connectivity index (χ3n) is 3.19. The van der Waals surface area contributed by atoms with Crippen LogP contribution in [0.1, 0.15) is 43.4 Å². The van der Waals surface area contributed by atoms with Gasteiger partial charge in [-0.1, -0.05) is 19.4 Å². The molecule has 0 fully saturated rings. The number of hydrogen-bond acceptors (Lipinski definition) is 3. The van der Waals surface area contributed by atoms with Crippen molar-refractivity contribution in [3.05, 3.63) is 29.6 Å². The van der Waals surface area contributed by atoms with Crippen LogP contribution in [0.25, 0.3) is 0 Å². The molecule has 0 saturated carbocycles. The Morgan fingerprint density at radius 3 is 3.25 bits per heavy atom. The van der Waals surface area contributed by atoms with Gasteiger partial charge < -0.3 is 5.11 Å². The highest BCUT2D eigenvalue weighted by atomic mass is 16.3. The van der Waals surface area contributed by atoms with Crippen LogP contribution in [0.4, 0.5) is 0 Å². The fraction of sp³-hybridized carbons (Fsp3) is 0.538. The quantitative estimate of drug-likeness (QED) is 0.840. The van der Waals surface area contributed by atoms with Gasteiger partial charge in [-0.15, -0.1) is 0 Å². The van der Waals surface area contributed by atoms with E-state index in [1.807, 2.05) is 19.1 Å². The van der Waals surface area contributed by atoms with Crippen LogP contribution in [0.5, 0.6) is 0 Å². The van der Waals surface area contributed by atoms with Crippen LogP contribution in [0, 0.1) is 0 Å². The Balaban J connectivity index is 2.16. The van der Waals surface area contributed by atoms with Crippen LogP contribution >= 0.6 is 0 Å². The summed E-state index contributed by atoms with van der Waals surface area (Å²) >= 11 is 0. The number of carbonyl (C=O) groups is 1. The maximum absolute atomic E-state index is 12.0. The van der Waals surface area contributed by atoms with Crippen LogP contribution in [0.15, 0.2) is 18.3 Å². The summed E-state index contributed by atoms with van der Waals surface area (Å²) in [5.41, 5.74) is 2.03. The number of carbonyl (C=O) groups excluding carboxylic acids is 1. The minimum absolute atomic E-state index is 0.0562. The Morgan fingerprint density at radius 1 is 1.69 bits per heavy atom. The van der Waals surface area contributed by atoms with Crippen LogP contribution in [0.2, 0.25) is 0 Å². The van der Waals surface area contributed by atoms with Crippen molar-refractivity contribution in [1.82, 2.24) is 4.98 Å². The summed E-state index contributed by atoms with van der Waals surface area (Å²) in [6, 6.07) is 3.91. The highest BCUT2D eigenvalue weighted by molar-refractivity contribution is 5.90. The highest BCUT2D eigenvalue weighted by Crippen LogP contribution is 2.32. The molecule has 1 aromatic rings. The van der Waals surface area contributed by atoms with E-state index in [4.69, 9.17) is 0 Å². The minimum Gasteiger partial charge on any atom is -0.385 e. The van der Waals surface area contributed by atoms with Gasteiger partial charge >= 0.3 is 0 Å². The molecule has 16 heavy (non-hydrogen) atoms. The van der Waals surface area contributed by atoms with Gasteiger partial charge in [0.05, 0.1) is 11.6 Å². The predicted molar refractivity (Wildman–Crippen MR) is 61.2 cm³/mol. The summed E-state index contributed by atoms with van der Waals surface area (Å²) < 4.78 is 0. The van der Waals surface area contributed by atoms with Crippen LogP contribution in [-0.4, -0.2) is 22.0 Å². The zero-order valence-corrected chi connectivity index (χ0v) is 9.52. The summed E-state index contributed by atoms with van der Waals surface area (Å²) in [5, 5.41) is 9.73. The lowest BCUT2D eigenvalue weighted by Crippen LogP contribution is -2.25. The molecule has 86 valence electrons. The van der Waals surface area contributed by atoms with Gasteiger partial charge in [-0.3, -0.25) is 9.78 Å². The first kappa shape index (κ1) is 11.3. The van der Waals surface area contributed by atoms with Gasteiger partial charge in [0.2, 0.25) is 0 Å². The first-order chi connectivity index (χ1) is 7.74. The number of aliphatic hydroxyl groups is 1. The number of nitrogens with zero attached hydrogens (tertiary/aromatic N) is 1. The molecule has 3 nitrogen and oxygen atoms in total. The topological polar surface area (TPSA) is 50.2 Å². The lowest BCUT2D eigenvalue weighted by Gasteiger charge is -2.14. The van der Waals surface area contributed by atoms with Crippen molar-refractivity contribution in [2.24, 2.45) is 0 Å². The molecule has 1 aromatic heterocycles. The Kier molecular flexibility index (Phi) is 3.34. The molecule has 2 rings (SSSR count). The average molecular weight is 219 g/mol. The van der Waals surface area contributed by atoms with Crippen molar-refractivity contribution in [3.63, 3.8) is 0 Å². The van der Waals surface area contributed by atoms with E-state index in [0.717, 1.165) is 30.5 Å². The standard InChI is InChI=1S/C13H17NO2/c1-2-4-11(15)13(16)10-7-6-9-5-3-8-14-12(9)10/h3,5,8,10-11,15H,2,4,6-7H2,1H3. The van der Waals surface area contributed by atoms with E-state index in [2.05, 4.69) is 4.98 Å². The number of fused-ring (bicyclic) bond motifs is 1. The molecule has 0 aliphatic heterocycles. The SMILES string of the molecule is CCCC(O)C(=O)C1CCc2cccnc21. The lowest BCUT2D eigenvalue weighted by atomic mass is 9.95. The molecule has 1 N–H and O–H groups in total. The van der Waals surface area contributed by atoms with Crippen LogP contribution in [-0.2, 0) is 11.2 Å². The van der Waals surface area contributed by atoms with Crippen LogP contribution < -0.4 is 0 Å². The maximum atomic E-state index is 12.0. The van der Waals surface area contributed by atoms with Crippen molar-refractivity contribution >= 4 is 5.78 Å². The van der Waals surface area contributed by atoms with Crippen molar-refractivity contribution in [2.75, 3.05) is 0 Å². The summed E-state index contributed by atoms with van der Waals surface area (Å²) in [6.07, 6.45) is 3.98. The van der Waals surface area contributed by atoms with Gasteiger partial charge in [0, 0.05) is 6.20 Å². The first-order valence-corrected chi connectivity index (χ1v) is 5.89. The van der Waals surface area contributed by atoms with E-state index in [9.17, 15) is 9.90 Å². The zero-order valence-electron chi connectivity index (χ0n) is 9.52. The second-order valence-electron chi connectivity index (χ2n) is 4.35. The fourth-order valence-corrected chi connectivity index (χ4v) is 2.34. The Labute approximate surface area is 95.5 Å². The Morgan fingerprint density at radius 2 is 2.50 bits per heavy atom. The fourth-order valence-electron chi connectivity index (χ4n) is 2.34. The largest absolute Gasteiger partial charge is 0.385 e. The zero-order chi connectivity index (χ0) is 11.5. The molecule has 2 atom stereocenters. The molecule has 1 aliphatic rings. The second-order valence-corrected chi connectivity index (χ2v) is 4.35. The summed E-state index contributed by atoms with van der Waals surface area (Å²) in [4.78, 5) is 16.3. The molecule has 3 heteroatoms. The number of aliphatic hydroxyl groups excluding tert-OH is 1. The molecule has 0 spiro atoms. The number of pyridine rings is 1. The van der Waals surface area contributed by atoms with Gasteiger partial charge in [0.25, 0.3) is 0 Å². The number of ketones is 1. The summed E-state index contributed by atoms with van der Waals surface area (Å²) in [7, 11) is 0. The van der Waals surface area contributed by atoms with Gasteiger partial charge in [0.15, 0.2) is 5.78 Å². The molecule has 1 heterocycles. The molecule has 0 radical (unpaired) electrons. The Hall–Kier alpha value is -1.22. The summed E-state index contributed by atoms with van der Waals surface area (Å²) in [6.45, 7) is 1.97. The molecular weight excluding hydrogens is 202 g/mol. The van der Waals surface area contributed by atoms with E-state index in [1.165, 1.54) is 0 Å². The van der Waals surface area contributed by atoms with Gasteiger partial charge in [0.1, 0.15) is 6.10 Å². The van der Waals surface area contributed by atoms with Crippen molar-refractivity contribution < 1.29 is 9.90 Å². The van der Waals surface area contributed by atoms with E-state index in [1.54, 1.807) is 6.20 Å². The third-order valence-corrected chi connectivity index (χ3v) is 3.19. The van der Waals surface area contributed by atoms with Crippen molar-refractivity contribution in [3.8, 4) is 0 Å². The predicted octanol–water partition coefficient (Wildman–Crippen LogP) is 1.84. The number of rotatable bonds is 4. The number of aromatic nitrogens is 1. The van der Waals surface area contributed by atoms with Crippen molar-refractivity contribution in [2.45, 2.75) is 44.6 Å². The number of Topliss-reactive ketones (excluding diaryl/α,β-unsaturated/α-hetero) is 1. The number of hydrogen-bond donors (Lipinski definition) is 1. The number of aryl methyl sites for hydroxylation is 1. The Bertz CT molecular complexity index is 389. The van der Waals surface area contributed by atoms with Crippen LogP contribution in [0.3, 0.4) is 0 Å². The monoisotopic (exact) mass is 219 g/mol. The third kappa shape index (κ3) is 2.00. The maximum Gasteiger partial charge on any atom is 0.170 e. The molecule has 0 bridgehead atoms. The van der Waals surface area contributed by atoms with E-state index in [0.29, 0.717) is 6.42 Å². The van der Waals surface area contributed by atoms with E-state index >= 15 is 0 Å². The van der Waals surface area contributed by atoms with Crippen molar-refractivity contribution in [1.29, 1.82) is 0 Å². The molecule has 0 amide bonds. The van der Waals surface area contributed by atoms with Gasteiger partial charge in [-0.25, -0.2) is 0 Å². The lowest BCUT2D eigenvalue weighted by molar-refractivity contribution is -0.129. The minimum atomic E-state index is -0.817. The molecule has 2 unspecified atom stereocenters. The molecule has 0 aromatic carbocycles. The second kappa shape index (κ2) is 4.74. The van der Waals surface area contributed by atoms with E-state index < -0.39 is 6.10 Å². The normalized spacial score (nSPS) is 20.5. The molecular formula is C13H17NO2. The van der Waals surface area contributed by atoms with E-state index in [-0.39, 0.29) is 11.7 Å². The van der Waals surface area contributed by atoms with Gasteiger partial charge in [-0.2, -0.15) is 0 Å². The van der Waals surface area contributed by atoms with Gasteiger partial charge in [-0.05, 0) is 30.9 Å². The highest BCUT2D eigenvalue weighted by Gasteiger charge is 2.32.